The van der Waals surface area contributed by atoms with E-state index in [9.17, 15) is 4.79 Å². The first kappa shape index (κ1) is 12.6. The number of carbonyl (C=O) groups is 1. The minimum atomic E-state index is -0.587. The van der Waals surface area contributed by atoms with Crippen LogP contribution in [0.1, 0.15) is 5.56 Å². The molecule has 94 valence electrons. The summed E-state index contributed by atoms with van der Waals surface area (Å²) in [6.07, 6.45) is 0. The molecule has 1 fully saturated rings. The molecule has 0 aromatic carbocycles. The maximum absolute atomic E-state index is 11.4. The van der Waals surface area contributed by atoms with E-state index in [1.807, 2.05) is 6.07 Å². The zero-order chi connectivity index (χ0) is 13.1. The third-order valence-corrected chi connectivity index (χ3v) is 2.85. The average Bonchev–Trinajstić information content (AvgIpc) is 2.38. The molecule has 2 heterocycles. The van der Waals surface area contributed by atoms with Crippen molar-refractivity contribution in [1.82, 2.24) is 4.98 Å². The molecule has 1 atom stereocenters. The number of amides is 1. The number of hydrogen-bond acceptors (Lipinski definition) is 5. The molecule has 1 aromatic heterocycles. The number of nitrogens with zero attached hydrogens (tertiary/aromatic N) is 3. The first-order chi connectivity index (χ1) is 8.61. The first-order valence-electron chi connectivity index (χ1n) is 5.33. The number of pyridine rings is 1. The van der Waals surface area contributed by atoms with Gasteiger partial charge in [0.15, 0.2) is 0 Å². The monoisotopic (exact) mass is 266 g/mol. The molecule has 18 heavy (non-hydrogen) atoms. The molecule has 0 aliphatic carbocycles. The van der Waals surface area contributed by atoms with Gasteiger partial charge in [0.25, 0.3) is 0 Å². The molecule has 1 unspecified atom stereocenters. The third kappa shape index (κ3) is 2.53. The van der Waals surface area contributed by atoms with Gasteiger partial charge in [0.05, 0.1) is 24.8 Å². The zero-order valence-corrected chi connectivity index (χ0v) is 10.2. The fourth-order valence-electron chi connectivity index (χ4n) is 1.81. The summed E-state index contributed by atoms with van der Waals surface area (Å²) in [7, 11) is 0. The maximum Gasteiger partial charge on any atom is 0.242 e. The largest absolute Gasteiger partial charge is 0.377 e. The normalized spacial score (nSPS) is 19.3. The second kappa shape index (κ2) is 5.21. The summed E-state index contributed by atoms with van der Waals surface area (Å²) in [5.74, 6) is -0.0267. The van der Waals surface area contributed by atoms with E-state index in [4.69, 9.17) is 27.3 Å². The van der Waals surface area contributed by atoms with Gasteiger partial charge in [0.2, 0.25) is 5.91 Å². The summed E-state index contributed by atoms with van der Waals surface area (Å²) >= 11 is 5.84. The maximum atomic E-state index is 11.4. The van der Waals surface area contributed by atoms with Crippen LogP contribution in [-0.4, -0.2) is 36.7 Å². The highest BCUT2D eigenvalue weighted by atomic mass is 35.5. The molecule has 6 nitrogen and oxygen atoms in total. The van der Waals surface area contributed by atoms with Crippen LogP contribution in [-0.2, 0) is 9.53 Å². The Morgan fingerprint density at radius 3 is 3.11 bits per heavy atom. The van der Waals surface area contributed by atoms with Crippen LogP contribution in [0.4, 0.5) is 5.82 Å². The number of anilines is 1. The summed E-state index contributed by atoms with van der Waals surface area (Å²) in [5.41, 5.74) is 5.71. The van der Waals surface area contributed by atoms with Crippen molar-refractivity contribution in [3.63, 3.8) is 0 Å². The van der Waals surface area contributed by atoms with Crippen LogP contribution in [0.25, 0.3) is 0 Å². The van der Waals surface area contributed by atoms with Crippen molar-refractivity contribution in [3.05, 3.63) is 22.8 Å². The quantitative estimate of drug-likeness (QED) is 0.777. The van der Waals surface area contributed by atoms with Gasteiger partial charge in [-0.1, -0.05) is 11.6 Å². The van der Waals surface area contributed by atoms with E-state index < -0.39 is 11.9 Å². The van der Waals surface area contributed by atoms with Gasteiger partial charge in [-0.2, -0.15) is 5.26 Å². The highest BCUT2D eigenvalue weighted by molar-refractivity contribution is 6.29. The predicted molar refractivity (Wildman–Crippen MR) is 65.1 cm³/mol. The average molecular weight is 267 g/mol. The molecular weight excluding hydrogens is 256 g/mol. The Kier molecular flexibility index (Phi) is 3.65. The number of primary amides is 1. The predicted octanol–water partition coefficient (Wildman–Crippen LogP) is 0.297. The smallest absolute Gasteiger partial charge is 0.242 e. The van der Waals surface area contributed by atoms with Crippen molar-refractivity contribution in [2.45, 2.75) is 6.04 Å². The molecule has 1 aliphatic rings. The van der Waals surface area contributed by atoms with Crippen LogP contribution in [0.15, 0.2) is 12.1 Å². The zero-order valence-electron chi connectivity index (χ0n) is 9.47. The Morgan fingerprint density at radius 1 is 1.67 bits per heavy atom. The summed E-state index contributed by atoms with van der Waals surface area (Å²) in [5, 5.41) is 9.10. The number of halogens is 1. The van der Waals surface area contributed by atoms with Gasteiger partial charge >= 0.3 is 0 Å². The number of ether oxygens (including phenoxy) is 1. The highest BCUT2D eigenvalue weighted by Crippen LogP contribution is 2.21. The van der Waals surface area contributed by atoms with Crippen molar-refractivity contribution >= 4 is 23.3 Å². The number of aromatic nitrogens is 1. The Morgan fingerprint density at radius 2 is 2.44 bits per heavy atom. The Labute approximate surface area is 109 Å². The number of nitrogens with two attached hydrogens (primary N) is 1. The number of morpholine rings is 1. The van der Waals surface area contributed by atoms with Crippen LogP contribution in [0, 0.1) is 11.3 Å². The number of carbonyl (C=O) groups excluding carboxylic acids is 1. The SMILES string of the molecule is N#Cc1cc(Cl)nc(N2CCOCC2C(N)=O)c1. The fourth-order valence-corrected chi connectivity index (χ4v) is 2.01. The van der Waals surface area contributed by atoms with E-state index in [0.717, 1.165) is 0 Å². The van der Waals surface area contributed by atoms with E-state index in [2.05, 4.69) is 4.98 Å². The van der Waals surface area contributed by atoms with Crippen LogP contribution < -0.4 is 10.6 Å². The van der Waals surface area contributed by atoms with Gasteiger partial charge in [-0.05, 0) is 12.1 Å². The minimum Gasteiger partial charge on any atom is -0.377 e. The number of nitriles is 1. The van der Waals surface area contributed by atoms with Gasteiger partial charge in [-0.3, -0.25) is 4.79 Å². The second-order valence-corrected chi connectivity index (χ2v) is 4.22. The Bertz CT molecular complexity index is 514. The summed E-state index contributed by atoms with van der Waals surface area (Å²) in [6, 6.07) is 4.45. The van der Waals surface area contributed by atoms with Gasteiger partial charge in [0.1, 0.15) is 17.0 Å². The minimum absolute atomic E-state index is 0.207. The standard InChI is InChI=1S/C11H11ClN4O2/c12-9-3-7(5-13)4-10(15-9)16-1-2-18-6-8(16)11(14)17/h3-4,8H,1-2,6H2,(H2,14,17). The van der Waals surface area contributed by atoms with Crippen LogP contribution in [0.2, 0.25) is 5.15 Å². The molecule has 1 aromatic rings. The Hall–Kier alpha value is -1.84. The third-order valence-electron chi connectivity index (χ3n) is 2.66. The lowest BCUT2D eigenvalue weighted by atomic mass is 10.2. The van der Waals surface area contributed by atoms with E-state index in [1.54, 1.807) is 11.0 Å². The summed E-state index contributed by atoms with van der Waals surface area (Å²) in [4.78, 5) is 17.2. The topological polar surface area (TPSA) is 92.2 Å². The van der Waals surface area contributed by atoms with Crippen LogP contribution in [0.3, 0.4) is 0 Å². The van der Waals surface area contributed by atoms with Crippen LogP contribution in [0.5, 0.6) is 0 Å². The van der Waals surface area contributed by atoms with E-state index in [1.165, 1.54) is 6.07 Å². The van der Waals surface area contributed by atoms with E-state index in [-0.39, 0.29) is 11.8 Å². The van der Waals surface area contributed by atoms with Crippen LogP contribution >= 0.6 is 11.6 Å². The van der Waals surface area contributed by atoms with Gasteiger partial charge < -0.3 is 15.4 Å². The van der Waals surface area contributed by atoms with Crippen molar-refractivity contribution in [2.24, 2.45) is 5.73 Å². The molecule has 2 N–H and O–H groups in total. The molecule has 0 saturated carbocycles. The molecule has 1 amide bonds. The van der Waals surface area contributed by atoms with Crippen molar-refractivity contribution in [2.75, 3.05) is 24.7 Å². The van der Waals surface area contributed by atoms with E-state index in [0.29, 0.717) is 24.5 Å². The second-order valence-electron chi connectivity index (χ2n) is 3.84. The molecule has 0 bridgehead atoms. The van der Waals surface area contributed by atoms with E-state index >= 15 is 0 Å². The lowest BCUT2D eigenvalue weighted by Gasteiger charge is -2.34. The fraction of sp³-hybridized carbons (Fsp3) is 0.364. The van der Waals surface area contributed by atoms with Gasteiger partial charge in [0, 0.05) is 6.54 Å². The number of rotatable bonds is 2. The Balaban J connectivity index is 2.36. The highest BCUT2D eigenvalue weighted by Gasteiger charge is 2.29. The summed E-state index contributed by atoms with van der Waals surface area (Å²) < 4.78 is 5.21. The molecule has 0 spiro atoms. The van der Waals surface area contributed by atoms with Crippen molar-refractivity contribution in [1.29, 1.82) is 5.26 Å². The van der Waals surface area contributed by atoms with Gasteiger partial charge in [-0.25, -0.2) is 4.98 Å². The lowest BCUT2D eigenvalue weighted by molar-refractivity contribution is -0.121. The number of hydrogen-bond donors (Lipinski definition) is 1. The molecule has 2 rings (SSSR count). The lowest BCUT2D eigenvalue weighted by Crippen LogP contribution is -2.53. The van der Waals surface area contributed by atoms with Gasteiger partial charge in [-0.15, -0.1) is 0 Å². The molecular formula is C11H11ClN4O2. The molecule has 1 saturated heterocycles. The first-order valence-corrected chi connectivity index (χ1v) is 5.71. The molecule has 0 radical (unpaired) electrons. The molecule has 1 aliphatic heterocycles. The molecule has 7 heteroatoms. The van der Waals surface area contributed by atoms with Crippen molar-refractivity contribution < 1.29 is 9.53 Å². The van der Waals surface area contributed by atoms with Crippen molar-refractivity contribution in [3.8, 4) is 6.07 Å². The summed E-state index contributed by atoms with van der Waals surface area (Å²) in [6.45, 7) is 1.16.